The summed E-state index contributed by atoms with van der Waals surface area (Å²) in [6.45, 7) is 3.25. The molecule has 0 saturated carbocycles. The lowest BCUT2D eigenvalue weighted by Gasteiger charge is -2.09. The Hall–Kier alpha value is -0.820. The molecule has 0 fully saturated rings. The maximum atomic E-state index is 10.7. The van der Waals surface area contributed by atoms with Crippen molar-refractivity contribution in [3.8, 4) is 11.8 Å². The van der Waals surface area contributed by atoms with Crippen LogP contribution in [0, 0.1) is 11.8 Å². The van der Waals surface area contributed by atoms with Crippen molar-refractivity contribution in [2.75, 3.05) is 0 Å². The van der Waals surface area contributed by atoms with Crippen molar-refractivity contribution in [1.29, 1.82) is 0 Å². The fourth-order valence-corrected chi connectivity index (χ4v) is 0.831. The molecular weight excluding hydrogens is 195 g/mol. The third-order valence-electron chi connectivity index (χ3n) is 1.16. The maximum Gasteiger partial charge on any atom is 0.433 e. The summed E-state index contributed by atoms with van der Waals surface area (Å²) in [5.41, 5.74) is -1.53. The first-order chi connectivity index (χ1) is 5.91. The van der Waals surface area contributed by atoms with Gasteiger partial charge >= 0.3 is 13.3 Å². The molecule has 1 atom stereocenters. The lowest BCUT2D eigenvalue weighted by atomic mass is 10.3. The largest absolute Gasteiger partial charge is 0.440 e. The van der Waals surface area contributed by atoms with Crippen LogP contribution < -0.4 is 0 Å². The van der Waals surface area contributed by atoms with E-state index in [9.17, 15) is 9.36 Å². The van der Waals surface area contributed by atoms with Gasteiger partial charge in [-0.1, -0.05) is 12.8 Å². The molecule has 0 bridgehead atoms. The van der Waals surface area contributed by atoms with Gasteiger partial charge in [-0.3, -0.25) is 0 Å². The van der Waals surface area contributed by atoms with E-state index in [4.69, 9.17) is 9.79 Å². The summed E-state index contributed by atoms with van der Waals surface area (Å²) in [4.78, 5) is 27.4. The molecule has 0 spiro atoms. The number of rotatable bonds is 3. The molecule has 0 aliphatic heterocycles. The highest BCUT2D eigenvalue weighted by Gasteiger charge is 2.29. The second kappa shape index (κ2) is 5.03. The highest BCUT2D eigenvalue weighted by atomic mass is 31.2. The van der Waals surface area contributed by atoms with Crippen LogP contribution in [0.25, 0.3) is 0 Å². The monoisotopic (exact) mass is 206 g/mol. The minimum Gasteiger partial charge on any atom is -0.440 e. The molecule has 0 aromatic carbocycles. The van der Waals surface area contributed by atoms with E-state index in [0.717, 1.165) is 0 Å². The molecule has 0 aliphatic rings. The summed E-state index contributed by atoms with van der Waals surface area (Å²) >= 11 is 0. The van der Waals surface area contributed by atoms with Crippen molar-refractivity contribution < 1.29 is 23.9 Å². The zero-order valence-corrected chi connectivity index (χ0v) is 8.25. The summed E-state index contributed by atoms with van der Waals surface area (Å²) in [7, 11) is -4.78. The van der Waals surface area contributed by atoms with Gasteiger partial charge in [0.05, 0.1) is 0 Å². The average Bonchev–Trinajstić information content (AvgIpc) is 2.01. The second-order valence-corrected chi connectivity index (χ2v) is 3.67. The molecular formula is C7H11O5P. The van der Waals surface area contributed by atoms with E-state index in [2.05, 4.69) is 16.6 Å². The topological polar surface area (TPSA) is 83.8 Å². The number of ether oxygens (including phenoxy) is 1. The smallest absolute Gasteiger partial charge is 0.433 e. The van der Waals surface area contributed by atoms with Gasteiger partial charge in [0.25, 0.3) is 0 Å². The molecule has 0 rings (SSSR count). The molecule has 0 heterocycles. The second-order valence-electron chi connectivity index (χ2n) is 2.22. The SMILES string of the molecule is CC#CC(CC)OC(=O)P(=O)(O)O. The summed E-state index contributed by atoms with van der Waals surface area (Å²) in [5.74, 6) is 4.99. The van der Waals surface area contributed by atoms with Crippen LogP contribution in [0.4, 0.5) is 4.79 Å². The Balaban J connectivity index is 4.32. The lowest BCUT2D eigenvalue weighted by molar-refractivity contribution is 0.138. The Labute approximate surface area is 76.3 Å². The van der Waals surface area contributed by atoms with Crippen molar-refractivity contribution >= 4 is 13.3 Å². The van der Waals surface area contributed by atoms with Gasteiger partial charge in [0.2, 0.25) is 0 Å². The fraction of sp³-hybridized carbons (Fsp3) is 0.571. The normalized spacial score (nSPS) is 12.6. The zero-order chi connectivity index (χ0) is 10.5. The van der Waals surface area contributed by atoms with Crippen LogP contribution in [0.5, 0.6) is 0 Å². The highest BCUT2D eigenvalue weighted by Crippen LogP contribution is 2.37. The van der Waals surface area contributed by atoms with Gasteiger partial charge in [-0.2, -0.15) is 0 Å². The predicted octanol–water partition coefficient (Wildman–Crippen LogP) is 1.10. The average molecular weight is 206 g/mol. The van der Waals surface area contributed by atoms with E-state index in [0.29, 0.717) is 6.42 Å². The Morgan fingerprint density at radius 2 is 2.15 bits per heavy atom. The van der Waals surface area contributed by atoms with E-state index in [1.165, 1.54) is 0 Å². The molecule has 2 N–H and O–H groups in total. The first-order valence-corrected chi connectivity index (χ1v) is 5.22. The first kappa shape index (κ1) is 12.2. The van der Waals surface area contributed by atoms with Crippen molar-refractivity contribution in [3.63, 3.8) is 0 Å². The molecule has 5 nitrogen and oxygen atoms in total. The minimum atomic E-state index is -4.78. The van der Waals surface area contributed by atoms with Gasteiger partial charge < -0.3 is 14.5 Å². The van der Waals surface area contributed by atoms with Crippen molar-refractivity contribution in [1.82, 2.24) is 0 Å². The summed E-state index contributed by atoms with van der Waals surface area (Å²) < 4.78 is 14.8. The standard InChI is InChI=1S/C7H11O5P/c1-3-5-6(4-2)12-7(8)13(9,10)11/h6H,4H2,1-2H3,(H2,9,10,11). The molecule has 0 aliphatic carbocycles. The van der Waals surface area contributed by atoms with Crippen LogP contribution in [0.2, 0.25) is 0 Å². The van der Waals surface area contributed by atoms with E-state index in [-0.39, 0.29) is 0 Å². The summed E-state index contributed by atoms with van der Waals surface area (Å²) in [6.07, 6.45) is -0.350. The van der Waals surface area contributed by atoms with Crippen LogP contribution in [0.3, 0.4) is 0 Å². The van der Waals surface area contributed by atoms with E-state index >= 15 is 0 Å². The van der Waals surface area contributed by atoms with Crippen LogP contribution in [0.15, 0.2) is 0 Å². The molecule has 0 aromatic heterocycles. The third kappa shape index (κ3) is 4.69. The summed E-state index contributed by atoms with van der Waals surface area (Å²) in [5, 5.41) is 0. The Kier molecular flexibility index (Phi) is 4.71. The molecule has 74 valence electrons. The zero-order valence-electron chi connectivity index (χ0n) is 7.35. The van der Waals surface area contributed by atoms with Gasteiger partial charge in [-0.25, -0.2) is 9.36 Å². The van der Waals surface area contributed by atoms with Crippen LogP contribution >= 0.6 is 7.60 Å². The molecule has 1 unspecified atom stereocenters. The summed E-state index contributed by atoms with van der Waals surface area (Å²) in [6, 6.07) is 0. The molecule has 0 amide bonds. The van der Waals surface area contributed by atoms with Crippen LogP contribution in [0.1, 0.15) is 20.3 Å². The number of carbonyl (C=O) groups excluding carboxylic acids is 1. The van der Waals surface area contributed by atoms with E-state index < -0.39 is 19.4 Å². The van der Waals surface area contributed by atoms with Gasteiger partial charge in [-0.05, 0) is 13.3 Å². The minimum absolute atomic E-state index is 0.395. The Morgan fingerprint density at radius 3 is 2.46 bits per heavy atom. The maximum absolute atomic E-state index is 10.7. The van der Waals surface area contributed by atoms with E-state index in [1.54, 1.807) is 13.8 Å². The van der Waals surface area contributed by atoms with Crippen molar-refractivity contribution in [2.24, 2.45) is 0 Å². The number of hydrogen-bond donors (Lipinski definition) is 2. The molecule has 13 heavy (non-hydrogen) atoms. The van der Waals surface area contributed by atoms with Crippen LogP contribution in [-0.2, 0) is 9.30 Å². The fourth-order valence-electron chi connectivity index (χ4n) is 0.566. The van der Waals surface area contributed by atoms with Crippen LogP contribution in [-0.4, -0.2) is 21.6 Å². The van der Waals surface area contributed by atoms with Gasteiger partial charge in [0, 0.05) is 0 Å². The van der Waals surface area contributed by atoms with Gasteiger partial charge in [-0.15, -0.1) is 5.92 Å². The molecule has 0 aromatic rings. The first-order valence-electron chi connectivity index (χ1n) is 3.60. The Bertz CT molecular complexity index is 281. The van der Waals surface area contributed by atoms with Crippen molar-refractivity contribution in [2.45, 2.75) is 26.4 Å². The Morgan fingerprint density at radius 1 is 1.62 bits per heavy atom. The molecule has 0 saturated heterocycles. The van der Waals surface area contributed by atoms with Crippen molar-refractivity contribution in [3.05, 3.63) is 0 Å². The molecule has 6 heteroatoms. The number of hydrogen-bond acceptors (Lipinski definition) is 3. The molecule has 0 radical (unpaired) electrons. The number of carbonyl (C=O) groups is 1. The third-order valence-corrected chi connectivity index (χ3v) is 1.74. The van der Waals surface area contributed by atoms with Gasteiger partial charge in [0.1, 0.15) is 0 Å². The van der Waals surface area contributed by atoms with Gasteiger partial charge in [0.15, 0.2) is 6.10 Å². The lowest BCUT2D eigenvalue weighted by Crippen LogP contribution is -2.14. The highest BCUT2D eigenvalue weighted by molar-refractivity contribution is 7.69. The van der Waals surface area contributed by atoms with E-state index in [1.807, 2.05) is 0 Å². The predicted molar refractivity (Wildman–Crippen MR) is 46.1 cm³/mol. The quantitative estimate of drug-likeness (QED) is 0.533.